The van der Waals surface area contributed by atoms with Crippen molar-refractivity contribution in [3.63, 3.8) is 0 Å². The topological polar surface area (TPSA) is 61.4 Å². The second-order valence-corrected chi connectivity index (χ2v) is 6.19. The van der Waals surface area contributed by atoms with Crippen LogP contribution in [0.25, 0.3) is 0 Å². The third kappa shape index (κ3) is 2.48. The molecule has 2 aliphatic heterocycles. The number of rotatable bonds is 1. The Hall–Kier alpha value is -2.04. The number of nitrogens with zero attached hydrogens (tertiary/aromatic N) is 1. The minimum Gasteiger partial charge on any atom is -0.362 e. The zero-order valence-corrected chi connectivity index (χ0v) is 12.5. The van der Waals surface area contributed by atoms with Crippen LogP contribution in [0.2, 0.25) is 0 Å². The average Bonchev–Trinajstić information content (AvgIpc) is 2.47. The summed E-state index contributed by atoms with van der Waals surface area (Å²) in [6.45, 7) is 5.19. The molecular weight excluding hydrogens is 266 g/mol. The molecule has 0 atom stereocenters. The highest BCUT2D eigenvalue weighted by molar-refractivity contribution is 6.02. The monoisotopic (exact) mass is 287 g/mol. The number of carbonyl (C=O) groups is 2. The van der Waals surface area contributed by atoms with Crippen molar-refractivity contribution < 1.29 is 9.59 Å². The zero-order chi connectivity index (χ0) is 15.0. The van der Waals surface area contributed by atoms with Crippen molar-refractivity contribution in [2.75, 3.05) is 18.4 Å². The van der Waals surface area contributed by atoms with Gasteiger partial charge in [-0.15, -0.1) is 0 Å². The van der Waals surface area contributed by atoms with Crippen LogP contribution in [0.3, 0.4) is 0 Å². The number of anilines is 1. The SMILES string of the molecule is CC(C)C(=O)N1CCC2(CC1)NC(=O)c1ccccc1N2. The summed E-state index contributed by atoms with van der Waals surface area (Å²) in [7, 11) is 0. The molecule has 112 valence electrons. The van der Waals surface area contributed by atoms with E-state index in [1.165, 1.54) is 0 Å². The first kappa shape index (κ1) is 13.9. The number of carbonyl (C=O) groups excluding carboxylic acids is 2. The van der Waals surface area contributed by atoms with Gasteiger partial charge in [-0.25, -0.2) is 0 Å². The van der Waals surface area contributed by atoms with E-state index < -0.39 is 5.66 Å². The van der Waals surface area contributed by atoms with Gasteiger partial charge in [0.15, 0.2) is 0 Å². The molecule has 3 rings (SSSR count). The number of amides is 2. The van der Waals surface area contributed by atoms with Crippen molar-refractivity contribution >= 4 is 17.5 Å². The first-order chi connectivity index (χ1) is 10.0. The van der Waals surface area contributed by atoms with Gasteiger partial charge in [0.25, 0.3) is 5.91 Å². The van der Waals surface area contributed by atoms with E-state index in [2.05, 4.69) is 10.6 Å². The Kier molecular flexibility index (Phi) is 3.35. The maximum atomic E-state index is 12.3. The maximum absolute atomic E-state index is 12.3. The van der Waals surface area contributed by atoms with Gasteiger partial charge in [0, 0.05) is 37.5 Å². The van der Waals surface area contributed by atoms with Crippen LogP contribution in [0.1, 0.15) is 37.0 Å². The van der Waals surface area contributed by atoms with Crippen molar-refractivity contribution in [1.29, 1.82) is 0 Å². The molecule has 1 aromatic rings. The zero-order valence-electron chi connectivity index (χ0n) is 12.5. The van der Waals surface area contributed by atoms with Gasteiger partial charge < -0.3 is 15.5 Å². The van der Waals surface area contributed by atoms with E-state index in [0.717, 1.165) is 18.5 Å². The lowest BCUT2D eigenvalue weighted by Gasteiger charge is -2.46. The minimum absolute atomic E-state index is 0.0219. The van der Waals surface area contributed by atoms with Gasteiger partial charge >= 0.3 is 0 Å². The second-order valence-electron chi connectivity index (χ2n) is 6.19. The van der Waals surface area contributed by atoms with Gasteiger partial charge in [-0.1, -0.05) is 26.0 Å². The van der Waals surface area contributed by atoms with Gasteiger partial charge in [0.1, 0.15) is 5.66 Å². The highest BCUT2D eigenvalue weighted by atomic mass is 16.2. The van der Waals surface area contributed by atoms with Crippen molar-refractivity contribution in [2.24, 2.45) is 5.92 Å². The predicted octanol–water partition coefficient (Wildman–Crippen LogP) is 1.82. The van der Waals surface area contributed by atoms with Crippen LogP contribution in [0.15, 0.2) is 24.3 Å². The maximum Gasteiger partial charge on any atom is 0.255 e. The van der Waals surface area contributed by atoms with Gasteiger partial charge in [-0.3, -0.25) is 9.59 Å². The number of piperidine rings is 1. The van der Waals surface area contributed by atoms with E-state index in [0.29, 0.717) is 18.7 Å². The van der Waals surface area contributed by atoms with Crippen molar-refractivity contribution in [2.45, 2.75) is 32.4 Å². The molecule has 1 spiro atoms. The van der Waals surface area contributed by atoms with Crippen molar-refractivity contribution in [3.8, 4) is 0 Å². The number of nitrogens with one attached hydrogen (secondary N) is 2. The van der Waals surface area contributed by atoms with Crippen LogP contribution in [0.4, 0.5) is 5.69 Å². The molecule has 2 aliphatic rings. The molecule has 21 heavy (non-hydrogen) atoms. The number of benzene rings is 1. The van der Waals surface area contributed by atoms with Gasteiger partial charge in [0.05, 0.1) is 5.56 Å². The Balaban J connectivity index is 1.75. The Morgan fingerprint density at radius 1 is 1.19 bits per heavy atom. The number of hydrogen-bond donors (Lipinski definition) is 2. The largest absolute Gasteiger partial charge is 0.362 e. The molecule has 5 heteroatoms. The fourth-order valence-electron chi connectivity index (χ4n) is 3.09. The van der Waals surface area contributed by atoms with E-state index in [4.69, 9.17) is 0 Å². The van der Waals surface area contributed by atoms with Crippen LogP contribution in [0.5, 0.6) is 0 Å². The quantitative estimate of drug-likeness (QED) is 0.828. The fourth-order valence-corrected chi connectivity index (χ4v) is 3.09. The van der Waals surface area contributed by atoms with E-state index in [1.54, 1.807) is 0 Å². The van der Waals surface area contributed by atoms with E-state index >= 15 is 0 Å². The smallest absolute Gasteiger partial charge is 0.255 e. The molecule has 2 heterocycles. The van der Waals surface area contributed by atoms with Gasteiger partial charge in [-0.2, -0.15) is 0 Å². The molecule has 0 saturated carbocycles. The van der Waals surface area contributed by atoms with E-state index in [9.17, 15) is 9.59 Å². The molecule has 0 aromatic heterocycles. The normalized spacial score (nSPS) is 20.0. The molecular formula is C16H21N3O2. The molecule has 5 nitrogen and oxygen atoms in total. The minimum atomic E-state index is -0.417. The van der Waals surface area contributed by atoms with Crippen molar-refractivity contribution in [3.05, 3.63) is 29.8 Å². The Morgan fingerprint density at radius 3 is 2.52 bits per heavy atom. The lowest BCUT2D eigenvalue weighted by atomic mass is 9.92. The second kappa shape index (κ2) is 5.06. The first-order valence-electron chi connectivity index (χ1n) is 7.49. The summed E-state index contributed by atoms with van der Waals surface area (Å²) in [5, 5.41) is 6.55. The standard InChI is InChI=1S/C16H21N3O2/c1-11(2)15(21)19-9-7-16(8-10-19)17-13-6-4-3-5-12(13)14(20)18-16/h3-6,11,17H,7-10H2,1-2H3,(H,18,20). The number of likely N-dealkylation sites (tertiary alicyclic amines) is 1. The number of para-hydroxylation sites is 1. The molecule has 0 aliphatic carbocycles. The lowest BCUT2D eigenvalue weighted by molar-refractivity contribution is -0.136. The first-order valence-corrected chi connectivity index (χ1v) is 7.49. The molecule has 0 radical (unpaired) electrons. The van der Waals surface area contributed by atoms with E-state index in [1.807, 2.05) is 43.0 Å². The molecule has 1 aromatic carbocycles. The highest BCUT2D eigenvalue weighted by Crippen LogP contribution is 2.31. The molecule has 0 bridgehead atoms. The van der Waals surface area contributed by atoms with Crippen LogP contribution < -0.4 is 10.6 Å². The van der Waals surface area contributed by atoms with Crippen LogP contribution in [-0.4, -0.2) is 35.5 Å². The summed E-state index contributed by atoms with van der Waals surface area (Å²) < 4.78 is 0. The molecule has 1 fully saturated rings. The lowest BCUT2D eigenvalue weighted by Crippen LogP contribution is -2.63. The fraction of sp³-hybridized carbons (Fsp3) is 0.500. The van der Waals surface area contributed by atoms with Crippen LogP contribution >= 0.6 is 0 Å². The number of hydrogen-bond acceptors (Lipinski definition) is 3. The third-order valence-corrected chi connectivity index (χ3v) is 4.32. The highest BCUT2D eigenvalue weighted by Gasteiger charge is 2.40. The summed E-state index contributed by atoms with van der Waals surface area (Å²) >= 11 is 0. The Labute approximate surface area is 124 Å². The molecule has 2 N–H and O–H groups in total. The summed E-state index contributed by atoms with van der Waals surface area (Å²) in [5.41, 5.74) is 1.15. The molecule has 0 unspecified atom stereocenters. The summed E-state index contributed by atoms with van der Waals surface area (Å²) in [6.07, 6.45) is 1.46. The predicted molar refractivity (Wildman–Crippen MR) is 80.9 cm³/mol. The molecule has 1 saturated heterocycles. The van der Waals surface area contributed by atoms with E-state index in [-0.39, 0.29) is 17.7 Å². The van der Waals surface area contributed by atoms with Crippen molar-refractivity contribution in [1.82, 2.24) is 10.2 Å². The Bertz CT molecular complexity index is 575. The van der Waals surface area contributed by atoms with Gasteiger partial charge in [-0.05, 0) is 12.1 Å². The summed E-state index contributed by atoms with van der Waals surface area (Å²) in [5.74, 6) is 0.175. The van der Waals surface area contributed by atoms with Crippen LogP contribution in [0, 0.1) is 5.92 Å². The Morgan fingerprint density at radius 2 is 1.86 bits per heavy atom. The summed E-state index contributed by atoms with van der Waals surface area (Å²) in [6, 6.07) is 7.54. The van der Waals surface area contributed by atoms with Crippen LogP contribution in [-0.2, 0) is 4.79 Å². The number of fused-ring (bicyclic) bond motifs is 1. The third-order valence-electron chi connectivity index (χ3n) is 4.32. The average molecular weight is 287 g/mol. The molecule has 2 amide bonds. The summed E-state index contributed by atoms with van der Waals surface area (Å²) in [4.78, 5) is 26.2. The van der Waals surface area contributed by atoms with Gasteiger partial charge in [0.2, 0.25) is 5.91 Å².